The molecule has 1 aromatic heterocycles. The van der Waals surface area contributed by atoms with Crippen LogP contribution in [0, 0.1) is 11.6 Å². The highest BCUT2D eigenvalue weighted by Crippen LogP contribution is 2.12. The molecule has 0 aliphatic rings. The lowest BCUT2D eigenvalue weighted by Gasteiger charge is -2.12. The van der Waals surface area contributed by atoms with E-state index in [0.29, 0.717) is 0 Å². The van der Waals surface area contributed by atoms with Crippen LogP contribution in [0.25, 0.3) is 0 Å². The van der Waals surface area contributed by atoms with E-state index in [-0.39, 0.29) is 11.6 Å². The van der Waals surface area contributed by atoms with E-state index in [1.54, 1.807) is 19.3 Å². The predicted molar refractivity (Wildman–Crippen MR) is 60.8 cm³/mol. The van der Waals surface area contributed by atoms with Crippen molar-refractivity contribution in [3.63, 3.8) is 0 Å². The number of aromatic nitrogens is 2. The summed E-state index contributed by atoms with van der Waals surface area (Å²) < 4.78 is 25.9. The zero-order chi connectivity index (χ0) is 13.1. The summed E-state index contributed by atoms with van der Waals surface area (Å²) in [6, 6.07) is 2.39. The minimum atomic E-state index is -0.781. The van der Waals surface area contributed by atoms with Gasteiger partial charge >= 0.3 is 0 Å². The SMILES string of the molecule is CC(NC(=O)c1cc(F)cc(F)c1)c1cn[nH]c1. The van der Waals surface area contributed by atoms with Crippen LogP contribution < -0.4 is 5.32 Å². The fraction of sp³-hybridized carbons (Fsp3) is 0.167. The smallest absolute Gasteiger partial charge is 0.251 e. The third kappa shape index (κ3) is 2.71. The molecule has 0 spiro atoms. The van der Waals surface area contributed by atoms with Gasteiger partial charge in [0.1, 0.15) is 11.6 Å². The number of carbonyl (C=O) groups is 1. The molecule has 0 bridgehead atoms. The topological polar surface area (TPSA) is 57.8 Å². The maximum Gasteiger partial charge on any atom is 0.251 e. The van der Waals surface area contributed by atoms with E-state index in [4.69, 9.17) is 0 Å². The average Bonchev–Trinajstić information content (AvgIpc) is 2.80. The van der Waals surface area contributed by atoms with Crippen LogP contribution in [0.3, 0.4) is 0 Å². The summed E-state index contributed by atoms with van der Waals surface area (Å²) in [5, 5.41) is 9.00. The van der Waals surface area contributed by atoms with Crippen LogP contribution in [-0.2, 0) is 0 Å². The van der Waals surface area contributed by atoms with E-state index in [1.165, 1.54) is 0 Å². The summed E-state index contributed by atoms with van der Waals surface area (Å²) in [6.07, 6.45) is 3.20. The molecule has 0 aliphatic carbocycles. The lowest BCUT2D eigenvalue weighted by molar-refractivity contribution is 0.0939. The summed E-state index contributed by atoms with van der Waals surface area (Å²) in [5.41, 5.74) is 0.725. The highest BCUT2D eigenvalue weighted by Gasteiger charge is 2.13. The number of halogens is 2. The van der Waals surface area contributed by atoms with Crippen molar-refractivity contribution >= 4 is 5.91 Å². The van der Waals surface area contributed by atoms with Crippen molar-refractivity contribution in [3.8, 4) is 0 Å². The van der Waals surface area contributed by atoms with E-state index in [2.05, 4.69) is 15.5 Å². The monoisotopic (exact) mass is 251 g/mol. The Morgan fingerprint density at radius 2 is 2.00 bits per heavy atom. The second-order valence-corrected chi connectivity index (χ2v) is 3.88. The van der Waals surface area contributed by atoms with Gasteiger partial charge in [0.15, 0.2) is 0 Å². The number of amides is 1. The van der Waals surface area contributed by atoms with Gasteiger partial charge in [0.05, 0.1) is 12.2 Å². The zero-order valence-electron chi connectivity index (χ0n) is 9.58. The number of H-pyrrole nitrogens is 1. The third-order valence-electron chi connectivity index (χ3n) is 2.49. The molecule has 2 N–H and O–H groups in total. The molecule has 0 fully saturated rings. The summed E-state index contributed by atoms with van der Waals surface area (Å²) in [7, 11) is 0. The van der Waals surface area contributed by atoms with Crippen LogP contribution in [0.2, 0.25) is 0 Å². The Morgan fingerprint density at radius 1 is 1.33 bits per heavy atom. The molecule has 0 saturated carbocycles. The van der Waals surface area contributed by atoms with Crippen molar-refractivity contribution in [1.29, 1.82) is 0 Å². The molecule has 1 aromatic carbocycles. The van der Waals surface area contributed by atoms with Gasteiger partial charge in [-0.25, -0.2) is 8.78 Å². The fourth-order valence-electron chi connectivity index (χ4n) is 1.55. The molecule has 1 atom stereocenters. The summed E-state index contributed by atoms with van der Waals surface area (Å²) in [6.45, 7) is 1.75. The van der Waals surface area contributed by atoms with Crippen molar-refractivity contribution in [2.75, 3.05) is 0 Å². The van der Waals surface area contributed by atoms with E-state index in [9.17, 15) is 13.6 Å². The van der Waals surface area contributed by atoms with E-state index >= 15 is 0 Å². The minimum absolute atomic E-state index is 0.0529. The first-order chi connectivity index (χ1) is 8.56. The van der Waals surface area contributed by atoms with Crippen LogP contribution in [0.4, 0.5) is 8.78 Å². The summed E-state index contributed by atoms with van der Waals surface area (Å²) in [5.74, 6) is -2.10. The van der Waals surface area contributed by atoms with Crippen LogP contribution in [0.1, 0.15) is 28.9 Å². The van der Waals surface area contributed by atoms with Crippen molar-refractivity contribution in [2.45, 2.75) is 13.0 Å². The quantitative estimate of drug-likeness (QED) is 0.878. The molecule has 4 nitrogen and oxygen atoms in total. The Bertz CT molecular complexity index is 534. The lowest BCUT2D eigenvalue weighted by Crippen LogP contribution is -2.26. The number of hydrogen-bond acceptors (Lipinski definition) is 2. The Balaban J connectivity index is 2.12. The number of nitrogens with zero attached hydrogens (tertiary/aromatic N) is 1. The Morgan fingerprint density at radius 3 is 2.56 bits per heavy atom. The molecule has 94 valence electrons. The molecular weight excluding hydrogens is 240 g/mol. The molecule has 1 unspecified atom stereocenters. The molecule has 2 aromatic rings. The molecule has 1 amide bonds. The highest BCUT2D eigenvalue weighted by atomic mass is 19.1. The van der Waals surface area contributed by atoms with Gasteiger partial charge in [0.25, 0.3) is 5.91 Å². The maximum atomic E-state index is 13.0. The van der Waals surface area contributed by atoms with Crippen LogP contribution in [0.5, 0.6) is 0 Å². The van der Waals surface area contributed by atoms with Crippen LogP contribution >= 0.6 is 0 Å². The molecule has 6 heteroatoms. The molecular formula is C12H11F2N3O. The standard InChI is InChI=1S/C12H11F2N3O/c1-7(9-5-15-16-6-9)17-12(18)8-2-10(13)4-11(14)3-8/h2-7H,1H3,(H,15,16)(H,17,18). The Kier molecular flexibility index (Phi) is 3.36. The highest BCUT2D eigenvalue weighted by molar-refractivity contribution is 5.94. The van der Waals surface area contributed by atoms with Gasteiger partial charge in [-0.1, -0.05) is 0 Å². The van der Waals surface area contributed by atoms with Gasteiger partial charge in [-0.2, -0.15) is 5.10 Å². The summed E-state index contributed by atoms with van der Waals surface area (Å²) in [4.78, 5) is 11.8. The third-order valence-corrected chi connectivity index (χ3v) is 2.49. The number of hydrogen-bond donors (Lipinski definition) is 2. The number of aromatic amines is 1. The Hall–Kier alpha value is -2.24. The minimum Gasteiger partial charge on any atom is -0.345 e. The molecule has 0 saturated heterocycles. The van der Waals surface area contributed by atoms with Gasteiger partial charge in [-0.3, -0.25) is 9.89 Å². The van der Waals surface area contributed by atoms with Gasteiger partial charge in [0.2, 0.25) is 0 Å². The average molecular weight is 251 g/mol. The normalized spacial score (nSPS) is 12.2. The molecule has 1 heterocycles. The van der Waals surface area contributed by atoms with E-state index in [1.807, 2.05) is 0 Å². The second-order valence-electron chi connectivity index (χ2n) is 3.88. The Labute approximate surface area is 102 Å². The summed E-state index contributed by atoms with van der Waals surface area (Å²) >= 11 is 0. The number of carbonyl (C=O) groups excluding carboxylic acids is 1. The molecule has 0 radical (unpaired) electrons. The number of rotatable bonds is 3. The fourth-order valence-corrected chi connectivity index (χ4v) is 1.55. The van der Waals surface area contributed by atoms with Gasteiger partial charge < -0.3 is 5.32 Å². The largest absolute Gasteiger partial charge is 0.345 e. The lowest BCUT2D eigenvalue weighted by atomic mass is 10.1. The first-order valence-electron chi connectivity index (χ1n) is 5.32. The first kappa shape index (κ1) is 12.2. The van der Waals surface area contributed by atoms with Gasteiger partial charge in [-0.15, -0.1) is 0 Å². The predicted octanol–water partition coefficient (Wildman–Crippen LogP) is 2.18. The van der Waals surface area contributed by atoms with Crippen molar-refractivity contribution < 1.29 is 13.6 Å². The maximum absolute atomic E-state index is 13.0. The van der Waals surface area contributed by atoms with Crippen molar-refractivity contribution in [3.05, 3.63) is 53.4 Å². The number of benzene rings is 1. The van der Waals surface area contributed by atoms with Gasteiger partial charge in [0, 0.05) is 23.4 Å². The molecule has 2 rings (SSSR count). The zero-order valence-corrected chi connectivity index (χ0v) is 9.58. The van der Waals surface area contributed by atoms with Crippen LogP contribution in [0.15, 0.2) is 30.6 Å². The van der Waals surface area contributed by atoms with Crippen molar-refractivity contribution in [1.82, 2.24) is 15.5 Å². The van der Waals surface area contributed by atoms with Crippen LogP contribution in [-0.4, -0.2) is 16.1 Å². The van der Waals surface area contributed by atoms with E-state index < -0.39 is 17.5 Å². The molecule has 18 heavy (non-hydrogen) atoms. The number of nitrogens with one attached hydrogen (secondary N) is 2. The van der Waals surface area contributed by atoms with E-state index in [0.717, 1.165) is 23.8 Å². The first-order valence-corrected chi connectivity index (χ1v) is 5.32. The molecule has 0 aliphatic heterocycles. The van der Waals surface area contributed by atoms with Crippen molar-refractivity contribution in [2.24, 2.45) is 0 Å². The second kappa shape index (κ2) is 4.95. The van der Waals surface area contributed by atoms with Gasteiger partial charge in [-0.05, 0) is 19.1 Å².